The van der Waals surface area contributed by atoms with Gasteiger partial charge in [-0.1, -0.05) is 315 Å². The molecule has 0 aliphatic heterocycles. The number of unbranched alkanes of at least 4 members (excludes halogenated alkanes) is 45. The lowest BCUT2D eigenvalue weighted by atomic mass is 10.0. The summed E-state index contributed by atoms with van der Waals surface area (Å²) in [5.74, 6) is -0.369. The van der Waals surface area contributed by atoms with Crippen LogP contribution in [0.4, 0.5) is 0 Å². The number of rotatable bonds is 60. The molecule has 0 spiro atoms. The number of hydrogen-bond donors (Lipinski definition) is 0. The van der Waals surface area contributed by atoms with Crippen LogP contribution in [0.25, 0.3) is 0 Å². The first-order valence-corrected chi connectivity index (χ1v) is 31.9. The van der Waals surface area contributed by atoms with Gasteiger partial charge >= 0.3 is 11.9 Å². The summed E-state index contributed by atoms with van der Waals surface area (Å²) in [5, 5.41) is 0. The highest BCUT2D eigenvalue weighted by molar-refractivity contribution is 5.70. The molecule has 5 nitrogen and oxygen atoms in total. The quantitative estimate of drug-likeness (QED) is 0.0345. The molecule has 0 aromatic carbocycles. The predicted molar refractivity (Wildman–Crippen MR) is 307 cm³/mol. The van der Waals surface area contributed by atoms with Gasteiger partial charge < -0.3 is 14.2 Å². The van der Waals surface area contributed by atoms with Gasteiger partial charge in [0.2, 0.25) is 0 Å². The SMILES string of the molecule is CCCCC/C=C\C/C=C\CCCCCCCCCCCCOCC(COC(=O)CCCCCCCCCCCCCCCCCCCCC)OC(=O)CCCCCCCCCCCCCCCCC. The minimum Gasteiger partial charge on any atom is -0.462 e. The highest BCUT2D eigenvalue weighted by Crippen LogP contribution is 2.18. The van der Waals surface area contributed by atoms with Gasteiger partial charge in [0, 0.05) is 19.4 Å². The van der Waals surface area contributed by atoms with E-state index in [2.05, 4.69) is 45.1 Å². The molecule has 0 N–H and O–H groups in total. The Morgan fingerprint density at radius 3 is 0.971 bits per heavy atom. The lowest BCUT2D eigenvalue weighted by Crippen LogP contribution is -2.30. The normalized spacial score (nSPS) is 12.2. The number of esters is 2. The summed E-state index contributed by atoms with van der Waals surface area (Å²) >= 11 is 0. The summed E-state index contributed by atoms with van der Waals surface area (Å²) in [4.78, 5) is 25.6. The van der Waals surface area contributed by atoms with E-state index in [1.807, 2.05) is 0 Å². The van der Waals surface area contributed by atoms with E-state index in [0.717, 1.165) is 38.5 Å². The van der Waals surface area contributed by atoms with Crippen LogP contribution in [0.2, 0.25) is 0 Å². The van der Waals surface area contributed by atoms with Gasteiger partial charge in [-0.25, -0.2) is 0 Å². The number of allylic oxidation sites excluding steroid dienone is 4. The molecule has 0 amide bonds. The van der Waals surface area contributed by atoms with E-state index in [-0.39, 0.29) is 18.5 Å². The molecule has 0 heterocycles. The Morgan fingerprint density at radius 2 is 0.600 bits per heavy atom. The molecule has 70 heavy (non-hydrogen) atoms. The fourth-order valence-corrected chi connectivity index (χ4v) is 9.72. The van der Waals surface area contributed by atoms with Crippen LogP contribution in [0.3, 0.4) is 0 Å². The van der Waals surface area contributed by atoms with Crippen molar-refractivity contribution < 1.29 is 23.8 Å². The van der Waals surface area contributed by atoms with Gasteiger partial charge in [0.1, 0.15) is 6.61 Å². The van der Waals surface area contributed by atoms with Gasteiger partial charge in [-0.15, -0.1) is 0 Å². The van der Waals surface area contributed by atoms with E-state index in [0.29, 0.717) is 26.1 Å². The zero-order valence-corrected chi connectivity index (χ0v) is 47.8. The predicted octanol–water partition coefficient (Wildman–Crippen LogP) is 21.9. The van der Waals surface area contributed by atoms with Crippen molar-refractivity contribution in [1.82, 2.24) is 0 Å². The van der Waals surface area contributed by atoms with Crippen molar-refractivity contribution in [3.05, 3.63) is 24.3 Å². The molecule has 0 radical (unpaired) electrons. The maximum Gasteiger partial charge on any atom is 0.306 e. The van der Waals surface area contributed by atoms with Gasteiger partial charge in [-0.2, -0.15) is 0 Å². The highest BCUT2D eigenvalue weighted by atomic mass is 16.6. The van der Waals surface area contributed by atoms with Crippen LogP contribution >= 0.6 is 0 Å². The van der Waals surface area contributed by atoms with Crippen LogP contribution in [0, 0.1) is 0 Å². The maximum atomic E-state index is 12.9. The monoisotopic (exact) mass is 985 g/mol. The van der Waals surface area contributed by atoms with Gasteiger partial charge in [0.05, 0.1) is 6.61 Å². The summed E-state index contributed by atoms with van der Waals surface area (Å²) in [7, 11) is 0. The van der Waals surface area contributed by atoms with Crippen molar-refractivity contribution in [3.63, 3.8) is 0 Å². The third-order valence-corrected chi connectivity index (χ3v) is 14.5. The Bertz CT molecular complexity index is 1070. The minimum absolute atomic E-state index is 0.0934. The van der Waals surface area contributed by atoms with Crippen molar-refractivity contribution in [2.45, 2.75) is 361 Å². The van der Waals surface area contributed by atoms with Crippen molar-refractivity contribution in [2.75, 3.05) is 19.8 Å². The van der Waals surface area contributed by atoms with Crippen LogP contribution in [-0.4, -0.2) is 37.9 Å². The summed E-state index contributed by atoms with van der Waals surface area (Å²) < 4.78 is 17.6. The van der Waals surface area contributed by atoms with Crippen molar-refractivity contribution in [3.8, 4) is 0 Å². The molecule has 414 valence electrons. The molecule has 0 aliphatic carbocycles. The highest BCUT2D eigenvalue weighted by Gasteiger charge is 2.18. The molecule has 0 aliphatic rings. The van der Waals surface area contributed by atoms with Gasteiger partial charge in [-0.05, 0) is 51.4 Å². The Balaban J connectivity index is 4.19. The molecule has 0 aromatic heterocycles. The number of carbonyl (C=O) groups is 2. The molecule has 5 heteroatoms. The molecular weight excluding hydrogens is 861 g/mol. The zero-order valence-electron chi connectivity index (χ0n) is 47.8. The molecular formula is C65H124O5. The summed E-state index contributed by atoms with van der Waals surface area (Å²) in [6.45, 7) is 7.89. The van der Waals surface area contributed by atoms with Gasteiger partial charge in [0.15, 0.2) is 6.10 Å². The first-order valence-electron chi connectivity index (χ1n) is 31.9. The lowest BCUT2D eigenvalue weighted by molar-refractivity contribution is -0.163. The van der Waals surface area contributed by atoms with E-state index in [1.165, 1.54) is 283 Å². The van der Waals surface area contributed by atoms with E-state index in [4.69, 9.17) is 14.2 Å². The maximum absolute atomic E-state index is 12.9. The van der Waals surface area contributed by atoms with Crippen LogP contribution in [0.15, 0.2) is 24.3 Å². The first kappa shape index (κ1) is 68.4. The van der Waals surface area contributed by atoms with E-state index >= 15 is 0 Å². The third-order valence-electron chi connectivity index (χ3n) is 14.5. The molecule has 1 atom stereocenters. The average molecular weight is 986 g/mol. The second-order valence-corrected chi connectivity index (χ2v) is 21.7. The smallest absolute Gasteiger partial charge is 0.306 e. The van der Waals surface area contributed by atoms with Crippen molar-refractivity contribution in [1.29, 1.82) is 0 Å². The molecule has 0 fully saturated rings. The first-order chi connectivity index (χ1) is 34.6. The number of carbonyl (C=O) groups excluding carboxylic acids is 2. The average Bonchev–Trinajstić information content (AvgIpc) is 3.36. The summed E-state index contributed by atoms with van der Waals surface area (Å²) in [5.41, 5.74) is 0. The number of ether oxygens (including phenoxy) is 3. The fourth-order valence-electron chi connectivity index (χ4n) is 9.72. The molecule has 0 saturated carbocycles. The Hall–Kier alpha value is -1.62. The Labute approximate surface area is 438 Å². The Morgan fingerprint density at radius 1 is 0.314 bits per heavy atom. The van der Waals surface area contributed by atoms with Crippen LogP contribution in [-0.2, 0) is 23.8 Å². The van der Waals surface area contributed by atoms with Crippen LogP contribution < -0.4 is 0 Å². The Kier molecular flexibility index (Phi) is 60.3. The van der Waals surface area contributed by atoms with Crippen molar-refractivity contribution >= 4 is 11.9 Å². The molecule has 0 rings (SSSR count). The zero-order chi connectivity index (χ0) is 50.6. The molecule has 0 saturated heterocycles. The standard InChI is InChI=1S/C65H124O5/c1-4-7-10-13-16-19-22-25-28-30-32-34-36-39-42-45-48-51-54-57-60-68-61-63(70-65(67)59-56-53-50-47-44-41-37-27-24-21-18-15-12-9-6-3)62-69-64(66)58-55-52-49-46-43-40-38-35-33-31-29-26-23-20-17-14-11-8-5-2/h16,19,25,28,63H,4-15,17-18,20-24,26-27,29-62H2,1-3H3/b19-16-,28-25-. The largest absolute Gasteiger partial charge is 0.462 e. The second kappa shape index (κ2) is 61.7. The topological polar surface area (TPSA) is 61.8 Å². The van der Waals surface area contributed by atoms with Crippen LogP contribution in [0.5, 0.6) is 0 Å². The summed E-state index contributed by atoms with van der Waals surface area (Å²) in [6, 6.07) is 0. The lowest BCUT2D eigenvalue weighted by Gasteiger charge is -2.18. The van der Waals surface area contributed by atoms with Gasteiger partial charge in [0.25, 0.3) is 0 Å². The summed E-state index contributed by atoms with van der Waals surface area (Å²) in [6.07, 6.45) is 75.0. The van der Waals surface area contributed by atoms with E-state index < -0.39 is 6.10 Å². The minimum atomic E-state index is -0.531. The molecule has 0 bridgehead atoms. The fraction of sp³-hybridized carbons (Fsp3) is 0.908. The third kappa shape index (κ3) is 58.9. The number of hydrogen-bond acceptors (Lipinski definition) is 5. The second-order valence-electron chi connectivity index (χ2n) is 21.7. The van der Waals surface area contributed by atoms with E-state index in [9.17, 15) is 9.59 Å². The van der Waals surface area contributed by atoms with E-state index in [1.54, 1.807) is 0 Å². The van der Waals surface area contributed by atoms with Crippen LogP contribution in [0.1, 0.15) is 355 Å². The molecule has 1 unspecified atom stereocenters. The van der Waals surface area contributed by atoms with Gasteiger partial charge in [-0.3, -0.25) is 9.59 Å². The van der Waals surface area contributed by atoms with Crippen molar-refractivity contribution in [2.24, 2.45) is 0 Å². The molecule has 0 aromatic rings.